The molecule has 0 bridgehead atoms. The van der Waals surface area contributed by atoms with Crippen LogP contribution < -0.4 is 0 Å². The Bertz CT molecular complexity index is 748. The van der Waals surface area contributed by atoms with E-state index in [1.54, 1.807) is 12.2 Å². The van der Waals surface area contributed by atoms with Crippen molar-refractivity contribution in [2.45, 2.75) is 65.0 Å². The Morgan fingerprint density at radius 2 is 2.27 bits per heavy atom. The third-order valence-electron chi connectivity index (χ3n) is 5.53. The molecule has 0 aromatic rings. The third kappa shape index (κ3) is 7.19. The molecular formula is C25H34F2N2O. The minimum absolute atomic E-state index is 0.0169. The van der Waals surface area contributed by atoms with Crippen molar-refractivity contribution in [1.29, 1.82) is 0 Å². The summed E-state index contributed by atoms with van der Waals surface area (Å²) in [7, 11) is 0. The molecule has 1 heterocycles. The zero-order valence-electron chi connectivity index (χ0n) is 18.2. The number of halogens is 2. The lowest BCUT2D eigenvalue weighted by Gasteiger charge is -2.21. The van der Waals surface area contributed by atoms with Crippen molar-refractivity contribution < 1.29 is 13.6 Å². The van der Waals surface area contributed by atoms with Gasteiger partial charge in [-0.05, 0) is 55.9 Å². The first-order valence-corrected chi connectivity index (χ1v) is 11.0. The van der Waals surface area contributed by atoms with Crippen LogP contribution in [0.4, 0.5) is 8.78 Å². The van der Waals surface area contributed by atoms with E-state index in [-0.39, 0.29) is 18.1 Å². The highest BCUT2D eigenvalue weighted by atomic mass is 19.2. The molecule has 0 radical (unpaired) electrons. The Kier molecular flexibility index (Phi) is 9.92. The number of carbonyl (C=O) groups excluding carboxylic acids is 1. The van der Waals surface area contributed by atoms with Gasteiger partial charge in [0, 0.05) is 37.9 Å². The monoisotopic (exact) mass is 416 g/mol. The minimum atomic E-state index is -1.53. The summed E-state index contributed by atoms with van der Waals surface area (Å²) in [5, 5.41) is 6.43. The fraction of sp³-hybridized carbons (Fsp3) is 0.520. The lowest BCUT2D eigenvalue weighted by molar-refractivity contribution is -0.119. The maximum absolute atomic E-state index is 13.7. The van der Waals surface area contributed by atoms with Crippen LogP contribution >= 0.6 is 0 Å². The van der Waals surface area contributed by atoms with E-state index in [2.05, 4.69) is 11.7 Å². The van der Waals surface area contributed by atoms with Gasteiger partial charge in [0.2, 0.25) is 0 Å². The standard InChI is InChI=1S/C25H34F2N2O/c1-4-8-20(21-13-14-24(26)25(27)16-21)15-23(30)12-7-11-19-17-28-29(18-19)22(9-5-2)10-6-3/h5-6,9-10,13,16-17,19-20,24H,2,4,7-8,11-12,14-15,18H2,1,3H3/b10-6-,22-9+. The van der Waals surface area contributed by atoms with Gasteiger partial charge in [0.15, 0.2) is 6.17 Å². The van der Waals surface area contributed by atoms with Crippen molar-refractivity contribution >= 4 is 12.0 Å². The highest BCUT2D eigenvalue weighted by Gasteiger charge is 2.24. The molecule has 30 heavy (non-hydrogen) atoms. The summed E-state index contributed by atoms with van der Waals surface area (Å²) >= 11 is 0. The summed E-state index contributed by atoms with van der Waals surface area (Å²) in [6.45, 7) is 8.57. The van der Waals surface area contributed by atoms with E-state index in [1.807, 2.05) is 43.3 Å². The predicted octanol–water partition coefficient (Wildman–Crippen LogP) is 6.62. The SMILES string of the molecule is C=C/C=C(\C=C/C)N1CC(CCCC(=O)CC(CCC)C2=CCC(F)C(F)=C2)C=N1. The van der Waals surface area contributed by atoms with Gasteiger partial charge in [-0.15, -0.1) is 0 Å². The molecule has 0 aromatic carbocycles. The number of nitrogens with zero attached hydrogens (tertiary/aromatic N) is 2. The average molecular weight is 417 g/mol. The van der Waals surface area contributed by atoms with Crippen LogP contribution in [0.5, 0.6) is 0 Å². The van der Waals surface area contributed by atoms with Gasteiger partial charge in [-0.25, -0.2) is 8.78 Å². The number of rotatable bonds is 12. The van der Waals surface area contributed by atoms with Crippen molar-refractivity contribution in [3.8, 4) is 0 Å². The Hall–Kier alpha value is -2.30. The summed E-state index contributed by atoms with van der Waals surface area (Å²) in [6, 6.07) is 0. The average Bonchev–Trinajstić information content (AvgIpc) is 3.18. The summed E-state index contributed by atoms with van der Waals surface area (Å²) in [4.78, 5) is 12.5. The fourth-order valence-electron chi connectivity index (χ4n) is 3.97. The molecule has 2 rings (SSSR count). The number of alkyl halides is 1. The van der Waals surface area contributed by atoms with Gasteiger partial charge in [-0.3, -0.25) is 9.80 Å². The third-order valence-corrected chi connectivity index (χ3v) is 5.53. The Morgan fingerprint density at radius 3 is 2.93 bits per heavy atom. The van der Waals surface area contributed by atoms with Crippen molar-refractivity contribution in [2.75, 3.05) is 6.54 Å². The van der Waals surface area contributed by atoms with E-state index in [0.29, 0.717) is 18.8 Å². The lowest BCUT2D eigenvalue weighted by atomic mass is 9.85. The Labute approximate surface area is 179 Å². The summed E-state index contributed by atoms with van der Waals surface area (Å²) in [6.07, 6.45) is 15.5. The number of ketones is 1. The van der Waals surface area contributed by atoms with Crippen LogP contribution in [0.1, 0.15) is 58.8 Å². The molecule has 0 aromatic heterocycles. The van der Waals surface area contributed by atoms with Crippen LogP contribution in [0.25, 0.3) is 0 Å². The predicted molar refractivity (Wildman–Crippen MR) is 120 cm³/mol. The van der Waals surface area contributed by atoms with E-state index in [0.717, 1.165) is 43.5 Å². The highest BCUT2D eigenvalue weighted by Crippen LogP contribution is 2.31. The first-order chi connectivity index (χ1) is 14.5. The molecule has 0 N–H and O–H groups in total. The molecule has 0 saturated carbocycles. The molecule has 1 aliphatic heterocycles. The maximum Gasteiger partial charge on any atom is 0.155 e. The molecule has 5 heteroatoms. The van der Waals surface area contributed by atoms with Gasteiger partial charge in [0.1, 0.15) is 11.6 Å². The fourth-order valence-corrected chi connectivity index (χ4v) is 3.97. The first-order valence-electron chi connectivity index (χ1n) is 11.0. The zero-order valence-corrected chi connectivity index (χ0v) is 18.2. The summed E-state index contributed by atoms with van der Waals surface area (Å²) in [5.74, 6) is -0.216. The zero-order chi connectivity index (χ0) is 21.9. The van der Waals surface area contributed by atoms with Crippen molar-refractivity contribution in [2.24, 2.45) is 16.9 Å². The normalized spacial score (nSPS) is 22.9. The molecule has 3 unspecified atom stereocenters. The van der Waals surface area contributed by atoms with E-state index in [4.69, 9.17) is 0 Å². The number of hydrogen-bond acceptors (Lipinski definition) is 3. The molecule has 2 aliphatic rings. The van der Waals surface area contributed by atoms with Crippen LogP contribution in [0.3, 0.4) is 0 Å². The van der Waals surface area contributed by atoms with Gasteiger partial charge in [-0.2, -0.15) is 5.10 Å². The van der Waals surface area contributed by atoms with E-state index in [9.17, 15) is 13.6 Å². The molecule has 0 amide bonds. The van der Waals surface area contributed by atoms with E-state index >= 15 is 0 Å². The number of Topliss-reactive ketones (excluding diaryl/α,β-unsaturated/α-hetero) is 1. The summed E-state index contributed by atoms with van der Waals surface area (Å²) in [5.41, 5.74) is 1.78. The second-order valence-corrected chi connectivity index (χ2v) is 7.99. The van der Waals surface area contributed by atoms with Crippen LogP contribution in [-0.4, -0.2) is 29.7 Å². The largest absolute Gasteiger partial charge is 0.300 e. The van der Waals surface area contributed by atoms with Crippen LogP contribution in [0.15, 0.2) is 65.2 Å². The van der Waals surface area contributed by atoms with Crippen molar-refractivity contribution in [3.05, 3.63) is 60.1 Å². The molecule has 1 aliphatic carbocycles. The van der Waals surface area contributed by atoms with Crippen LogP contribution in [-0.2, 0) is 4.79 Å². The quantitative estimate of drug-likeness (QED) is 0.335. The van der Waals surface area contributed by atoms with Crippen molar-refractivity contribution in [3.63, 3.8) is 0 Å². The van der Waals surface area contributed by atoms with Crippen LogP contribution in [0.2, 0.25) is 0 Å². The second kappa shape index (κ2) is 12.4. The van der Waals surface area contributed by atoms with Gasteiger partial charge >= 0.3 is 0 Å². The molecule has 3 atom stereocenters. The number of hydrazone groups is 1. The summed E-state index contributed by atoms with van der Waals surface area (Å²) < 4.78 is 27.0. The number of allylic oxidation sites excluding steroid dienone is 8. The Balaban J connectivity index is 1.80. The van der Waals surface area contributed by atoms with Gasteiger partial charge in [-0.1, -0.05) is 38.2 Å². The molecular weight excluding hydrogens is 382 g/mol. The topological polar surface area (TPSA) is 32.7 Å². The molecule has 3 nitrogen and oxygen atoms in total. The smallest absolute Gasteiger partial charge is 0.155 e. The number of carbonyl (C=O) groups is 1. The molecule has 0 fully saturated rings. The van der Waals surface area contributed by atoms with E-state index in [1.165, 1.54) is 6.08 Å². The van der Waals surface area contributed by atoms with Crippen LogP contribution in [0, 0.1) is 11.8 Å². The van der Waals surface area contributed by atoms with Gasteiger partial charge in [0.25, 0.3) is 0 Å². The maximum atomic E-state index is 13.7. The molecule has 0 spiro atoms. The number of hydrogen-bond donors (Lipinski definition) is 0. The van der Waals surface area contributed by atoms with Gasteiger partial charge in [0.05, 0.1) is 5.70 Å². The molecule has 0 saturated heterocycles. The first kappa shape index (κ1) is 24.0. The Morgan fingerprint density at radius 1 is 1.47 bits per heavy atom. The highest BCUT2D eigenvalue weighted by molar-refractivity contribution is 5.79. The molecule has 164 valence electrons. The van der Waals surface area contributed by atoms with Gasteiger partial charge < -0.3 is 0 Å². The lowest BCUT2D eigenvalue weighted by Crippen LogP contribution is -2.17. The van der Waals surface area contributed by atoms with Crippen molar-refractivity contribution in [1.82, 2.24) is 5.01 Å². The second-order valence-electron chi connectivity index (χ2n) is 7.99. The minimum Gasteiger partial charge on any atom is -0.300 e. The van der Waals surface area contributed by atoms with E-state index < -0.39 is 12.0 Å².